The molecule has 0 spiro atoms. The monoisotopic (exact) mass is 362 g/mol. The first-order valence-corrected chi connectivity index (χ1v) is 11.1. The number of ether oxygens (including phenoxy) is 2. The van der Waals surface area contributed by atoms with Crippen molar-refractivity contribution in [1.29, 1.82) is 0 Å². The van der Waals surface area contributed by atoms with Crippen LogP contribution in [0.2, 0.25) is 0 Å². The largest absolute Gasteiger partial charge is 0.378 e. The van der Waals surface area contributed by atoms with Crippen molar-refractivity contribution in [3.8, 4) is 0 Å². The van der Waals surface area contributed by atoms with E-state index in [1.807, 2.05) is 0 Å². The molecule has 0 aromatic rings. The first kappa shape index (κ1) is 17.4. The fourth-order valence-corrected chi connectivity index (χ4v) is 5.56. The maximum Gasteiger partial charge on any atom is 0.249 e. The molecule has 2 aliphatic heterocycles. The molecular formula is C21H34N2O3. The highest BCUT2D eigenvalue weighted by molar-refractivity contribution is 5.79. The Morgan fingerprint density at radius 2 is 1.73 bits per heavy atom. The van der Waals surface area contributed by atoms with Gasteiger partial charge in [0.2, 0.25) is 5.91 Å². The normalized spacial score (nSPS) is 39.5. The van der Waals surface area contributed by atoms with Gasteiger partial charge in [0, 0.05) is 31.8 Å². The molecule has 5 heteroatoms. The molecule has 5 fully saturated rings. The Hall–Kier alpha value is -0.650. The standard InChI is InChI=1S/C21H34N2O3/c24-21-14-26-20-4-2-1-3-19(20)23(21)16-7-9-22(10-8-16)17-11-18(12-17)25-13-15-5-6-15/h15-20H,1-14H2/t17?,18?,19-,20-/m0/s1. The van der Waals surface area contributed by atoms with Gasteiger partial charge >= 0.3 is 0 Å². The van der Waals surface area contributed by atoms with Crippen LogP contribution < -0.4 is 0 Å². The predicted molar refractivity (Wildman–Crippen MR) is 98.9 cm³/mol. The van der Waals surface area contributed by atoms with Crippen molar-refractivity contribution < 1.29 is 14.3 Å². The predicted octanol–water partition coefficient (Wildman–Crippen LogP) is 2.58. The van der Waals surface area contributed by atoms with E-state index in [0.29, 0.717) is 30.9 Å². The van der Waals surface area contributed by atoms with E-state index in [1.54, 1.807) is 0 Å². The lowest BCUT2D eigenvalue weighted by Crippen LogP contribution is -2.61. The Bertz CT molecular complexity index is 509. The summed E-state index contributed by atoms with van der Waals surface area (Å²) in [6.07, 6.45) is 13.1. The van der Waals surface area contributed by atoms with Crippen molar-refractivity contribution in [3.05, 3.63) is 0 Å². The van der Waals surface area contributed by atoms with E-state index in [9.17, 15) is 4.79 Å². The molecule has 0 unspecified atom stereocenters. The lowest BCUT2D eigenvalue weighted by molar-refractivity contribution is -0.167. The van der Waals surface area contributed by atoms with Crippen LogP contribution in [-0.4, -0.2) is 72.3 Å². The number of amides is 1. The van der Waals surface area contributed by atoms with Gasteiger partial charge < -0.3 is 19.3 Å². The van der Waals surface area contributed by atoms with E-state index in [-0.39, 0.29) is 5.91 Å². The van der Waals surface area contributed by atoms with Crippen molar-refractivity contribution in [2.24, 2.45) is 5.92 Å². The summed E-state index contributed by atoms with van der Waals surface area (Å²) >= 11 is 0. The van der Waals surface area contributed by atoms with Crippen molar-refractivity contribution in [3.63, 3.8) is 0 Å². The molecule has 0 N–H and O–H groups in total. The van der Waals surface area contributed by atoms with Crippen LogP contribution in [-0.2, 0) is 14.3 Å². The molecule has 2 atom stereocenters. The molecule has 146 valence electrons. The highest BCUT2D eigenvalue weighted by Crippen LogP contribution is 2.36. The summed E-state index contributed by atoms with van der Waals surface area (Å²) in [4.78, 5) is 17.5. The Kier molecular flexibility index (Phi) is 4.97. The fraction of sp³-hybridized carbons (Fsp3) is 0.952. The van der Waals surface area contributed by atoms with Gasteiger partial charge in [-0.1, -0.05) is 12.8 Å². The molecule has 0 aromatic carbocycles. The average Bonchev–Trinajstić information content (AvgIpc) is 3.45. The molecule has 0 radical (unpaired) electrons. The van der Waals surface area contributed by atoms with E-state index in [4.69, 9.17) is 9.47 Å². The van der Waals surface area contributed by atoms with Gasteiger partial charge in [-0.2, -0.15) is 0 Å². The smallest absolute Gasteiger partial charge is 0.249 e. The molecule has 3 aliphatic carbocycles. The SMILES string of the molecule is O=C1CO[C@H]2CCCC[C@@H]2N1C1CCN(C2CC(OCC3CC3)C2)CC1. The Morgan fingerprint density at radius 1 is 0.962 bits per heavy atom. The number of carbonyl (C=O) groups is 1. The number of piperidine rings is 1. The van der Waals surface area contributed by atoms with Crippen LogP contribution >= 0.6 is 0 Å². The number of fused-ring (bicyclic) bond motifs is 1. The zero-order valence-corrected chi connectivity index (χ0v) is 16.0. The van der Waals surface area contributed by atoms with E-state index in [1.165, 1.54) is 38.5 Å². The number of nitrogens with zero attached hydrogens (tertiary/aromatic N) is 2. The minimum Gasteiger partial charge on any atom is -0.378 e. The van der Waals surface area contributed by atoms with Crippen LogP contribution in [0.3, 0.4) is 0 Å². The maximum absolute atomic E-state index is 12.6. The lowest BCUT2D eigenvalue weighted by atomic mass is 9.85. The van der Waals surface area contributed by atoms with Crippen LogP contribution in [0.1, 0.15) is 64.2 Å². The highest BCUT2D eigenvalue weighted by atomic mass is 16.5. The molecule has 0 bridgehead atoms. The second-order valence-corrected chi connectivity index (χ2v) is 9.29. The molecule has 5 aliphatic rings. The molecular weight excluding hydrogens is 328 g/mol. The van der Waals surface area contributed by atoms with Crippen LogP contribution in [0.4, 0.5) is 0 Å². The number of likely N-dealkylation sites (tertiary alicyclic amines) is 1. The molecule has 2 heterocycles. The van der Waals surface area contributed by atoms with Gasteiger partial charge in [-0.15, -0.1) is 0 Å². The summed E-state index contributed by atoms with van der Waals surface area (Å²) in [6.45, 7) is 3.60. The van der Waals surface area contributed by atoms with Crippen LogP contribution in [0, 0.1) is 5.92 Å². The molecule has 0 aromatic heterocycles. The summed E-state index contributed by atoms with van der Waals surface area (Å²) in [5.74, 6) is 1.11. The van der Waals surface area contributed by atoms with Crippen LogP contribution in [0.15, 0.2) is 0 Å². The van der Waals surface area contributed by atoms with Gasteiger partial charge in [-0.25, -0.2) is 0 Å². The number of hydrogen-bond donors (Lipinski definition) is 0. The number of rotatable bonds is 5. The molecule has 26 heavy (non-hydrogen) atoms. The summed E-state index contributed by atoms with van der Waals surface area (Å²) in [6, 6.07) is 1.52. The van der Waals surface area contributed by atoms with Crippen molar-refractivity contribution in [2.75, 3.05) is 26.3 Å². The summed E-state index contributed by atoms with van der Waals surface area (Å²) in [7, 11) is 0. The fourth-order valence-electron chi connectivity index (χ4n) is 5.56. The first-order chi connectivity index (χ1) is 12.8. The number of morpholine rings is 1. The van der Waals surface area contributed by atoms with E-state index < -0.39 is 0 Å². The van der Waals surface area contributed by atoms with Gasteiger partial charge in [0.15, 0.2) is 0 Å². The third kappa shape index (κ3) is 3.55. The van der Waals surface area contributed by atoms with Gasteiger partial charge in [-0.3, -0.25) is 4.79 Å². The quantitative estimate of drug-likeness (QED) is 0.754. The van der Waals surface area contributed by atoms with Gasteiger partial charge in [0.1, 0.15) is 6.61 Å². The zero-order chi connectivity index (χ0) is 17.5. The maximum atomic E-state index is 12.6. The van der Waals surface area contributed by atoms with Crippen molar-refractivity contribution in [2.45, 2.75) is 94.5 Å². The Morgan fingerprint density at radius 3 is 2.50 bits per heavy atom. The van der Waals surface area contributed by atoms with Crippen molar-refractivity contribution in [1.82, 2.24) is 9.80 Å². The summed E-state index contributed by atoms with van der Waals surface area (Å²) in [5.41, 5.74) is 0. The highest BCUT2D eigenvalue weighted by Gasteiger charge is 2.43. The van der Waals surface area contributed by atoms with Gasteiger partial charge in [-0.05, 0) is 57.3 Å². The molecule has 5 rings (SSSR count). The van der Waals surface area contributed by atoms with Gasteiger partial charge in [0.05, 0.1) is 18.2 Å². The summed E-state index contributed by atoms with van der Waals surface area (Å²) < 4.78 is 11.9. The van der Waals surface area contributed by atoms with Crippen molar-refractivity contribution >= 4 is 5.91 Å². The van der Waals surface area contributed by atoms with E-state index in [0.717, 1.165) is 57.3 Å². The molecule has 5 nitrogen and oxygen atoms in total. The topological polar surface area (TPSA) is 42.0 Å². The third-order valence-electron chi connectivity index (χ3n) is 7.48. The average molecular weight is 363 g/mol. The second kappa shape index (κ2) is 7.40. The van der Waals surface area contributed by atoms with E-state index >= 15 is 0 Å². The van der Waals surface area contributed by atoms with Crippen LogP contribution in [0.5, 0.6) is 0 Å². The number of carbonyl (C=O) groups excluding carboxylic acids is 1. The molecule has 1 amide bonds. The first-order valence-electron chi connectivity index (χ1n) is 11.1. The van der Waals surface area contributed by atoms with E-state index in [2.05, 4.69) is 9.80 Å². The Balaban J connectivity index is 1.10. The minimum atomic E-state index is 0.240. The van der Waals surface area contributed by atoms with Crippen LogP contribution in [0.25, 0.3) is 0 Å². The molecule has 3 saturated carbocycles. The second-order valence-electron chi connectivity index (χ2n) is 9.29. The zero-order valence-electron chi connectivity index (χ0n) is 16.0. The summed E-state index contributed by atoms with van der Waals surface area (Å²) in [5, 5.41) is 0. The number of hydrogen-bond acceptors (Lipinski definition) is 4. The van der Waals surface area contributed by atoms with Gasteiger partial charge in [0.25, 0.3) is 0 Å². The molecule has 2 saturated heterocycles. The third-order valence-corrected chi connectivity index (χ3v) is 7.48. The lowest BCUT2D eigenvalue weighted by Gasteiger charge is -2.51. The minimum absolute atomic E-state index is 0.240. The Labute approximate surface area is 157 Å².